The molecular formula is C8H9Br2NO2S2. The van der Waals surface area contributed by atoms with Crippen LogP contribution in [0, 0.1) is 0 Å². The third-order valence-electron chi connectivity index (χ3n) is 2.24. The van der Waals surface area contributed by atoms with Gasteiger partial charge in [-0.05, 0) is 34.5 Å². The standard InChI is InChI=1S/C8H9Br2NO2S2/c9-6-3-4-11(5-6)15(12,13)8-2-1-7(10)14-8/h1-2,6H,3-5H2. The van der Waals surface area contributed by atoms with Crippen molar-refractivity contribution in [2.75, 3.05) is 13.1 Å². The predicted molar refractivity (Wildman–Crippen MR) is 68.1 cm³/mol. The average molecular weight is 375 g/mol. The van der Waals surface area contributed by atoms with Gasteiger partial charge in [0, 0.05) is 17.9 Å². The van der Waals surface area contributed by atoms with Crippen molar-refractivity contribution >= 4 is 53.2 Å². The van der Waals surface area contributed by atoms with E-state index in [-0.39, 0.29) is 4.83 Å². The maximum absolute atomic E-state index is 12.1. The second-order valence-electron chi connectivity index (χ2n) is 3.31. The van der Waals surface area contributed by atoms with Gasteiger partial charge in [-0.3, -0.25) is 0 Å². The van der Waals surface area contributed by atoms with E-state index in [9.17, 15) is 8.42 Å². The monoisotopic (exact) mass is 373 g/mol. The Hall–Kier alpha value is 0.570. The van der Waals surface area contributed by atoms with Crippen LogP contribution in [-0.2, 0) is 10.0 Å². The molecule has 0 aromatic carbocycles. The Bertz CT molecular complexity index is 457. The summed E-state index contributed by atoms with van der Waals surface area (Å²) in [5, 5.41) is 0. The second-order valence-corrected chi connectivity index (χ2v) is 9.23. The molecule has 0 radical (unpaired) electrons. The molecule has 3 nitrogen and oxygen atoms in total. The van der Waals surface area contributed by atoms with Gasteiger partial charge in [-0.25, -0.2) is 8.42 Å². The molecule has 1 aliphatic heterocycles. The minimum absolute atomic E-state index is 0.288. The third-order valence-corrected chi connectivity index (χ3v) is 6.94. The molecule has 1 fully saturated rings. The highest BCUT2D eigenvalue weighted by Crippen LogP contribution is 2.31. The van der Waals surface area contributed by atoms with Crippen LogP contribution in [0.1, 0.15) is 6.42 Å². The van der Waals surface area contributed by atoms with Gasteiger partial charge in [0.1, 0.15) is 4.21 Å². The van der Waals surface area contributed by atoms with E-state index in [1.165, 1.54) is 15.6 Å². The van der Waals surface area contributed by atoms with E-state index < -0.39 is 10.0 Å². The Morgan fingerprint density at radius 3 is 2.67 bits per heavy atom. The summed E-state index contributed by atoms with van der Waals surface area (Å²) in [6.07, 6.45) is 0.881. The normalized spacial score (nSPS) is 23.5. The van der Waals surface area contributed by atoms with Gasteiger partial charge in [0.15, 0.2) is 0 Å². The third kappa shape index (κ3) is 2.46. The quantitative estimate of drug-likeness (QED) is 0.746. The molecule has 0 spiro atoms. The summed E-state index contributed by atoms with van der Waals surface area (Å²) in [4.78, 5) is 0.288. The maximum atomic E-state index is 12.1. The van der Waals surface area contributed by atoms with Gasteiger partial charge in [0.05, 0.1) is 3.79 Å². The molecule has 15 heavy (non-hydrogen) atoms. The zero-order valence-corrected chi connectivity index (χ0v) is 12.5. The SMILES string of the molecule is O=S(=O)(c1ccc(Br)s1)N1CCC(Br)C1. The fraction of sp³-hybridized carbons (Fsp3) is 0.500. The van der Waals surface area contributed by atoms with Gasteiger partial charge in [0.2, 0.25) is 0 Å². The van der Waals surface area contributed by atoms with Crippen molar-refractivity contribution in [3.05, 3.63) is 15.9 Å². The molecular weight excluding hydrogens is 366 g/mol. The second kappa shape index (κ2) is 4.44. The lowest BCUT2D eigenvalue weighted by Gasteiger charge is -2.13. The van der Waals surface area contributed by atoms with Crippen molar-refractivity contribution in [1.29, 1.82) is 0 Å². The number of thiophene rings is 1. The maximum Gasteiger partial charge on any atom is 0.252 e. The molecule has 0 N–H and O–H groups in total. The van der Waals surface area contributed by atoms with Crippen LogP contribution in [-0.4, -0.2) is 30.6 Å². The fourth-order valence-corrected chi connectivity index (χ4v) is 5.88. The Morgan fingerprint density at radius 2 is 2.20 bits per heavy atom. The highest BCUT2D eigenvalue weighted by molar-refractivity contribution is 9.11. The first-order valence-corrected chi connectivity index (χ1v) is 8.36. The Labute approximate surface area is 110 Å². The van der Waals surface area contributed by atoms with Gasteiger partial charge < -0.3 is 0 Å². The van der Waals surface area contributed by atoms with Crippen LogP contribution in [0.3, 0.4) is 0 Å². The van der Waals surface area contributed by atoms with Gasteiger partial charge in [-0.15, -0.1) is 11.3 Å². The molecule has 1 saturated heterocycles. The van der Waals surface area contributed by atoms with Crippen molar-refractivity contribution < 1.29 is 8.42 Å². The van der Waals surface area contributed by atoms with Crippen LogP contribution in [0.15, 0.2) is 20.1 Å². The molecule has 1 aromatic heterocycles. The van der Waals surface area contributed by atoms with Gasteiger partial charge in [-0.2, -0.15) is 4.31 Å². The fourth-order valence-electron chi connectivity index (χ4n) is 1.47. The lowest BCUT2D eigenvalue weighted by Crippen LogP contribution is -2.28. The van der Waals surface area contributed by atoms with E-state index >= 15 is 0 Å². The van der Waals surface area contributed by atoms with Crippen LogP contribution >= 0.6 is 43.2 Å². The van der Waals surface area contributed by atoms with Crippen LogP contribution in [0.4, 0.5) is 0 Å². The van der Waals surface area contributed by atoms with E-state index in [0.29, 0.717) is 17.3 Å². The average Bonchev–Trinajstić information content (AvgIpc) is 2.74. The van der Waals surface area contributed by atoms with Crippen molar-refractivity contribution in [3.8, 4) is 0 Å². The molecule has 1 aliphatic rings. The van der Waals surface area contributed by atoms with E-state index in [1.54, 1.807) is 12.1 Å². The minimum Gasteiger partial charge on any atom is -0.206 e. The summed E-state index contributed by atoms with van der Waals surface area (Å²) < 4.78 is 27.0. The van der Waals surface area contributed by atoms with E-state index in [2.05, 4.69) is 31.9 Å². The first-order chi connectivity index (χ1) is 7.00. The largest absolute Gasteiger partial charge is 0.252 e. The highest BCUT2D eigenvalue weighted by atomic mass is 79.9. The lowest BCUT2D eigenvalue weighted by molar-refractivity contribution is 0.480. The Morgan fingerprint density at radius 1 is 1.47 bits per heavy atom. The van der Waals surface area contributed by atoms with Gasteiger partial charge in [0.25, 0.3) is 10.0 Å². The first kappa shape index (κ1) is 12.0. The Balaban J connectivity index is 2.27. The summed E-state index contributed by atoms with van der Waals surface area (Å²) in [5.74, 6) is 0. The summed E-state index contributed by atoms with van der Waals surface area (Å²) in [5.41, 5.74) is 0. The summed E-state index contributed by atoms with van der Waals surface area (Å²) in [6.45, 7) is 1.17. The zero-order chi connectivity index (χ0) is 11.1. The molecule has 1 aromatic rings. The number of nitrogens with zero attached hydrogens (tertiary/aromatic N) is 1. The molecule has 7 heteroatoms. The number of rotatable bonds is 2. The lowest BCUT2D eigenvalue weighted by atomic mass is 10.4. The smallest absolute Gasteiger partial charge is 0.206 e. The molecule has 1 atom stereocenters. The first-order valence-electron chi connectivity index (χ1n) is 4.40. The van der Waals surface area contributed by atoms with Crippen molar-refractivity contribution in [2.45, 2.75) is 15.5 Å². The van der Waals surface area contributed by atoms with E-state index in [4.69, 9.17) is 0 Å². The molecule has 0 saturated carbocycles. The summed E-state index contributed by atoms with van der Waals surface area (Å²) in [6, 6.07) is 3.41. The number of halogens is 2. The summed E-state index contributed by atoms with van der Waals surface area (Å²) >= 11 is 7.96. The zero-order valence-electron chi connectivity index (χ0n) is 7.69. The topological polar surface area (TPSA) is 37.4 Å². The van der Waals surface area contributed by atoms with Gasteiger partial charge in [-0.1, -0.05) is 15.9 Å². The molecule has 0 bridgehead atoms. The molecule has 2 rings (SSSR count). The predicted octanol–water partition coefficient (Wildman–Crippen LogP) is 2.67. The number of hydrogen-bond acceptors (Lipinski definition) is 3. The van der Waals surface area contributed by atoms with Gasteiger partial charge >= 0.3 is 0 Å². The summed E-state index contributed by atoms with van der Waals surface area (Å²) in [7, 11) is -3.26. The minimum atomic E-state index is -3.26. The molecule has 2 heterocycles. The van der Waals surface area contributed by atoms with Crippen LogP contribution in [0.25, 0.3) is 0 Å². The van der Waals surface area contributed by atoms with E-state index in [1.807, 2.05) is 0 Å². The van der Waals surface area contributed by atoms with E-state index in [0.717, 1.165) is 10.2 Å². The Kier molecular flexibility index (Phi) is 3.57. The van der Waals surface area contributed by atoms with Crippen molar-refractivity contribution in [2.24, 2.45) is 0 Å². The van der Waals surface area contributed by atoms with Crippen LogP contribution < -0.4 is 0 Å². The highest BCUT2D eigenvalue weighted by Gasteiger charge is 2.32. The number of alkyl halides is 1. The van der Waals surface area contributed by atoms with Crippen LogP contribution in [0.2, 0.25) is 0 Å². The molecule has 0 aliphatic carbocycles. The molecule has 1 unspecified atom stereocenters. The number of hydrogen-bond donors (Lipinski definition) is 0. The number of sulfonamides is 1. The molecule has 0 amide bonds. The van der Waals surface area contributed by atoms with Crippen LogP contribution in [0.5, 0.6) is 0 Å². The molecule has 84 valence electrons. The van der Waals surface area contributed by atoms with Crippen molar-refractivity contribution in [3.63, 3.8) is 0 Å². The van der Waals surface area contributed by atoms with Crippen molar-refractivity contribution in [1.82, 2.24) is 4.31 Å².